The number of aryl methyl sites for hydroxylation is 1. The van der Waals surface area contributed by atoms with Crippen LogP contribution < -0.4 is 10.6 Å². The number of nitrogens with zero attached hydrogens (tertiary/aromatic N) is 2. The van der Waals surface area contributed by atoms with Gasteiger partial charge in [-0.1, -0.05) is 6.92 Å². The molecule has 1 aliphatic rings. The van der Waals surface area contributed by atoms with Gasteiger partial charge in [0.25, 0.3) is 0 Å². The topological polar surface area (TPSA) is 67.8 Å². The summed E-state index contributed by atoms with van der Waals surface area (Å²) in [7, 11) is 1.77. The first-order chi connectivity index (χ1) is 11.7. The molecule has 1 aromatic rings. The molecule has 0 spiro atoms. The Kier molecular flexibility index (Phi) is 7.94. The predicted octanol–water partition coefficient (Wildman–Crippen LogP) is 2.00. The first-order valence-electron chi connectivity index (χ1n) is 8.80. The molecule has 0 aliphatic carbocycles. The highest BCUT2D eigenvalue weighted by molar-refractivity contribution is 7.11. The van der Waals surface area contributed by atoms with Gasteiger partial charge >= 0.3 is 0 Å². The van der Waals surface area contributed by atoms with Gasteiger partial charge in [-0.05, 0) is 13.3 Å². The maximum atomic E-state index is 5.75. The zero-order valence-electron chi connectivity index (χ0n) is 15.1. The van der Waals surface area contributed by atoms with E-state index in [1.807, 2.05) is 6.20 Å². The summed E-state index contributed by atoms with van der Waals surface area (Å²) in [6.07, 6.45) is 5.74. The molecule has 2 rings (SSSR count). The number of nitrogens with one attached hydrogen (secondary N) is 2. The van der Waals surface area contributed by atoms with Crippen LogP contribution in [0.4, 0.5) is 0 Å². The highest BCUT2D eigenvalue weighted by atomic mass is 32.1. The van der Waals surface area contributed by atoms with Gasteiger partial charge in [-0.25, -0.2) is 4.98 Å². The fourth-order valence-corrected chi connectivity index (χ4v) is 3.51. The first-order valence-corrected chi connectivity index (χ1v) is 9.61. The van der Waals surface area contributed by atoms with Gasteiger partial charge in [-0.15, -0.1) is 11.3 Å². The minimum absolute atomic E-state index is 0.189. The standard InChI is InChI=1S/C17H30N4O2S/c1-4-14-12-20-15(24-14)6-9-19-16(18-5-2)21-13-17(22-3)7-10-23-11-8-17/h12H,4-11,13H2,1-3H3,(H2,18,19,21). The van der Waals surface area contributed by atoms with Gasteiger partial charge in [0.15, 0.2) is 5.96 Å². The van der Waals surface area contributed by atoms with E-state index in [2.05, 4.69) is 29.5 Å². The zero-order valence-corrected chi connectivity index (χ0v) is 15.9. The van der Waals surface area contributed by atoms with Crippen LogP contribution in [0.3, 0.4) is 0 Å². The average Bonchev–Trinajstić information content (AvgIpc) is 3.08. The van der Waals surface area contributed by atoms with Crippen LogP contribution >= 0.6 is 11.3 Å². The molecule has 6 nitrogen and oxygen atoms in total. The molecule has 0 radical (unpaired) electrons. The van der Waals surface area contributed by atoms with Crippen molar-refractivity contribution in [1.82, 2.24) is 15.6 Å². The number of hydrogen-bond acceptors (Lipinski definition) is 5. The summed E-state index contributed by atoms with van der Waals surface area (Å²) >= 11 is 1.79. The molecule has 0 bridgehead atoms. The molecule has 0 unspecified atom stereocenters. The average molecular weight is 355 g/mol. The lowest BCUT2D eigenvalue weighted by molar-refractivity contribution is -0.0828. The Balaban J connectivity index is 1.85. The van der Waals surface area contributed by atoms with Crippen molar-refractivity contribution in [2.24, 2.45) is 4.99 Å². The quantitative estimate of drug-likeness (QED) is 0.552. The number of ether oxygens (including phenoxy) is 2. The maximum absolute atomic E-state index is 5.75. The largest absolute Gasteiger partial charge is 0.381 e. The van der Waals surface area contributed by atoms with E-state index in [9.17, 15) is 0 Å². The van der Waals surface area contributed by atoms with Gasteiger partial charge in [-0.3, -0.25) is 4.99 Å². The van der Waals surface area contributed by atoms with E-state index in [0.29, 0.717) is 6.54 Å². The number of methoxy groups -OCH3 is 1. The summed E-state index contributed by atoms with van der Waals surface area (Å²) in [5.74, 6) is 0.840. The normalized spacial score (nSPS) is 17.7. The van der Waals surface area contributed by atoms with Gasteiger partial charge in [0.2, 0.25) is 0 Å². The van der Waals surface area contributed by atoms with Crippen LogP contribution in [0.1, 0.15) is 36.6 Å². The van der Waals surface area contributed by atoms with Crippen LogP contribution in [0, 0.1) is 0 Å². The highest BCUT2D eigenvalue weighted by Crippen LogP contribution is 2.24. The first kappa shape index (κ1) is 19.1. The molecule has 0 aromatic carbocycles. The Morgan fingerprint density at radius 2 is 2.17 bits per heavy atom. The van der Waals surface area contributed by atoms with Crippen molar-refractivity contribution in [1.29, 1.82) is 0 Å². The third kappa shape index (κ3) is 5.72. The monoisotopic (exact) mass is 354 g/mol. The van der Waals surface area contributed by atoms with E-state index in [1.54, 1.807) is 18.4 Å². The lowest BCUT2D eigenvalue weighted by Crippen LogP contribution is -2.44. The maximum Gasteiger partial charge on any atom is 0.191 e. The summed E-state index contributed by atoms with van der Waals surface area (Å²) in [4.78, 5) is 10.5. The number of aromatic nitrogens is 1. The second-order valence-corrected chi connectivity index (χ2v) is 7.15. The minimum atomic E-state index is -0.189. The van der Waals surface area contributed by atoms with Crippen LogP contribution in [0.5, 0.6) is 0 Å². The number of rotatable bonds is 8. The third-order valence-electron chi connectivity index (χ3n) is 4.29. The van der Waals surface area contributed by atoms with E-state index < -0.39 is 0 Å². The summed E-state index contributed by atoms with van der Waals surface area (Å²) in [6.45, 7) is 8.05. The molecule has 2 N–H and O–H groups in total. The van der Waals surface area contributed by atoms with Gasteiger partial charge in [-0.2, -0.15) is 0 Å². The van der Waals surface area contributed by atoms with Gasteiger partial charge in [0.05, 0.1) is 17.2 Å². The Bertz CT molecular complexity index is 512. The van der Waals surface area contributed by atoms with Crippen molar-refractivity contribution < 1.29 is 9.47 Å². The van der Waals surface area contributed by atoms with Crippen molar-refractivity contribution in [2.75, 3.05) is 40.0 Å². The molecule has 0 amide bonds. The molecule has 0 atom stereocenters. The highest BCUT2D eigenvalue weighted by Gasteiger charge is 2.32. The second-order valence-electron chi connectivity index (χ2n) is 5.95. The van der Waals surface area contributed by atoms with Crippen LogP contribution in [0.2, 0.25) is 0 Å². The molecule has 1 aliphatic heterocycles. The van der Waals surface area contributed by atoms with E-state index in [0.717, 1.165) is 57.9 Å². The lowest BCUT2D eigenvalue weighted by Gasteiger charge is -2.34. The molecule has 1 aromatic heterocycles. The predicted molar refractivity (Wildman–Crippen MR) is 99.0 cm³/mol. The minimum Gasteiger partial charge on any atom is -0.381 e. The number of guanidine groups is 1. The molecular weight excluding hydrogens is 324 g/mol. The fourth-order valence-electron chi connectivity index (χ4n) is 2.65. The molecule has 1 saturated heterocycles. The fraction of sp³-hybridized carbons (Fsp3) is 0.765. The molecule has 0 saturated carbocycles. The SMILES string of the molecule is CCNC(=NCC1(OC)CCOCC1)NCCc1ncc(CC)s1. The van der Waals surface area contributed by atoms with Crippen LogP contribution in [-0.2, 0) is 22.3 Å². The van der Waals surface area contributed by atoms with Crippen molar-refractivity contribution in [3.05, 3.63) is 16.1 Å². The van der Waals surface area contributed by atoms with Gasteiger partial charge in [0.1, 0.15) is 0 Å². The van der Waals surface area contributed by atoms with Crippen molar-refractivity contribution in [2.45, 2.75) is 45.1 Å². The van der Waals surface area contributed by atoms with Crippen LogP contribution in [0.15, 0.2) is 11.2 Å². The molecule has 136 valence electrons. The van der Waals surface area contributed by atoms with Crippen LogP contribution in [0.25, 0.3) is 0 Å². The van der Waals surface area contributed by atoms with E-state index in [4.69, 9.17) is 14.5 Å². The molecule has 24 heavy (non-hydrogen) atoms. The summed E-state index contributed by atoms with van der Waals surface area (Å²) in [6, 6.07) is 0. The summed E-state index contributed by atoms with van der Waals surface area (Å²) in [5.41, 5.74) is -0.189. The third-order valence-corrected chi connectivity index (χ3v) is 5.49. The van der Waals surface area contributed by atoms with Crippen LogP contribution in [-0.4, -0.2) is 56.5 Å². The molecule has 7 heteroatoms. The smallest absolute Gasteiger partial charge is 0.191 e. The Morgan fingerprint density at radius 3 is 2.79 bits per heavy atom. The number of aliphatic imine (C=N–C) groups is 1. The molecule has 1 fully saturated rings. The Labute approximate surface area is 149 Å². The molecular formula is C17H30N4O2S. The van der Waals surface area contributed by atoms with Crippen molar-refractivity contribution in [3.8, 4) is 0 Å². The Hall–Kier alpha value is -1.18. The Morgan fingerprint density at radius 1 is 1.38 bits per heavy atom. The lowest BCUT2D eigenvalue weighted by atomic mass is 9.94. The number of hydrogen-bond donors (Lipinski definition) is 2. The van der Waals surface area contributed by atoms with E-state index >= 15 is 0 Å². The van der Waals surface area contributed by atoms with E-state index in [1.165, 1.54) is 9.88 Å². The van der Waals surface area contributed by atoms with Crippen molar-refractivity contribution >= 4 is 17.3 Å². The zero-order chi connectivity index (χ0) is 17.3. The second kappa shape index (κ2) is 9.96. The molecule has 2 heterocycles. The summed E-state index contributed by atoms with van der Waals surface area (Å²) < 4.78 is 11.2. The number of thiazole rings is 1. The van der Waals surface area contributed by atoms with Gasteiger partial charge in [0, 0.05) is 63.7 Å². The van der Waals surface area contributed by atoms with Gasteiger partial charge < -0.3 is 20.1 Å². The van der Waals surface area contributed by atoms with Crippen molar-refractivity contribution in [3.63, 3.8) is 0 Å². The summed E-state index contributed by atoms with van der Waals surface area (Å²) in [5, 5.41) is 7.87. The van der Waals surface area contributed by atoms with E-state index in [-0.39, 0.29) is 5.60 Å².